The summed E-state index contributed by atoms with van der Waals surface area (Å²) in [4.78, 5) is 12.8. The maximum atomic E-state index is 12.5. The molecule has 0 N–H and O–H groups in total. The number of aryl methyl sites for hydroxylation is 1. The van der Waals surface area contributed by atoms with E-state index in [9.17, 15) is 18.0 Å². The first-order chi connectivity index (χ1) is 8.29. The monoisotopic (exact) mass is 261 g/mol. The van der Waals surface area contributed by atoms with E-state index in [2.05, 4.69) is 5.10 Å². The number of alkyl halides is 3. The second-order valence-corrected chi connectivity index (χ2v) is 4.52. The number of likely N-dealkylation sites (tertiary alicyclic amines) is 1. The quantitative estimate of drug-likeness (QED) is 0.775. The molecule has 0 bridgehead atoms. The summed E-state index contributed by atoms with van der Waals surface area (Å²) in [6, 6.07) is 0.876. The minimum absolute atomic E-state index is 0.0571. The minimum Gasteiger partial charge on any atom is -0.341 e. The summed E-state index contributed by atoms with van der Waals surface area (Å²) in [5.74, 6) is -0.0571. The number of hydrogen-bond acceptors (Lipinski definition) is 2. The average molecular weight is 261 g/mol. The summed E-state index contributed by atoms with van der Waals surface area (Å²) < 4.78 is 39.0. The molecule has 4 nitrogen and oxygen atoms in total. The van der Waals surface area contributed by atoms with E-state index in [1.54, 1.807) is 11.8 Å². The van der Waals surface area contributed by atoms with Crippen LogP contribution in [0.4, 0.5) is 13.2 Å². The first kappa shape index (κ1) is 12.9. The summed E-state index contributed by atoms with van der Waals surface area (Å²) in [6.45, 7) is 4.05. The SMILES string of the molecule is CC(=O)N1CCC(n2nc(C(F)(F)F)cc2C)C1. The normalized spacial score (nSPS) is 20.5. The highest BCUT2D eigenvalue weighted by Crippen LogP contribution is 2.31. The molecule has 0 aromatic carbocycles. The molecule has 0 aliphatic carbocycles. The summed E-state index contributed by atoms with van der Waals surface area (Å²) in [7, 11) is 0. The third-order valence-corrected chi connectivity index (χ3v) is 3.17. The fourth-order valence-electron chi connectivity index (χ4n) is 2.22. The number of aromatic nitrogens is 2. The molecule has 1 atom stereocenters. The molecule has 1 aliphatic heterocycles. The van der Waals surface area contributed by atoms with E-state index in [0.717, 1.165) is 6.07 Å². The zero-order valence-corrected chi connectivity index (χ0v) is 10.2. The molecule has 1 aromatic rings. The summed E-state index contributed by atoms with van der Waals surface area (Å²) >= 11 is 0. The average Bonchev–Trinajstić information content (AvgIpc) is 2.81. The van der Waals surface area contributed by atoms with Crippen molar-refractivity contribution in [3.63, 3.8) is 0 Å². The number of nitrogens with zero attached hydrogens (tertiary/aromatic N) is 3. The van der Waals surface area contributed by atoms with Crippen molar-refractivity contribution in [3.05, 3.63) is 17.5 Å². The smallest absolute Gasteiger partial charge is 0.341 e. The van der Waals surface area contributed by atoms with E-state index >= 15 is 0 Å². The van der Waals surface area contributed by atoms with E-state index in [0.29, 0.717) is 25.2 Å². The van der Waals surface area contributed by atoms with Crippen molar-refractivity contribution in [1.82, 2.24) is 14.7 Å². The Labute approximate surface area is 102 Å². The molecule has 1 amide bonds. The Bertz CT molecular complexity index is 467. The lowest BCUT2D eigenvalue weighted by Crippen LogP contribution is -2.26. The van der Waals surface area contributed by atoms with E-state index in [-0.39, 0.29) is 11.9 Å². The van der Waals surface area contributed by atoms with Crippen LogP contribution in [0.2, 0.25) is 0 Å². The van der Waals surface area contributed by atoms with Crippen LogP contribution in [0, 0.1) is 6.92 Å². The second-order valence-electron chi connectivity index (χ2n) is 4.52. The zero-order valence-electron chi connectivity index (χ0n) is 10.2. The molecule has 18 heavy (non-hydrogen) atoms. The molecule has 1 aromatic heterocycles. The molecular formula is C11H14F3N3O. The van der Waals surface area contributed by atoms with Gasteiger partial charge in [-0.05, 0) is 19.4 Å². The lowest BCUT2D eigenvalue weighted by molar-refractivity contribution is -0.141. The number of carbonyl (C=O) groups is 1. The Balaban J connectivity index is 2.20. The fraction of sp³-hybridized carbons (Fsp3) is 0.636. The Kier molecular flexibility index (Phi) is 3.08. The largest absolute Gasteiger partial charge is 0.435 e. The minimum atomic E-state index is -4.42. The van der Waals surface area contributed by atoms with Gasteiger partial charge in [-0.1, -0.05) is 0 Å². The Morgan fingerprint density at radius 2 is 2.17 bits per heavy atom. The van der Waals surface area contributed by atoms with Crippen LogP contribution in [0.1, 0.15) is 30.8 Å². The molecule has 0 saturated carbocycles. The van der Waals surface area contributed by atoms with Crippen LogP contribution in [-0.4, -0.2) is 33.7 Å². The topological polar surface area (TPSA) is 38.1 Å². The number of carbonyl (C=O) groups excluding carboxylic acids is 1. The molecule has 1 saturated heterocycles. The molecule has 2 heterocycles. The highest BCUT2D eigenvalue weighted by Gasteiger charge is 2.36. The van der Waals surface area contributed by atoms with Gasteiger partial charge in [0.05, 0.1) is 6.04 Å². The van der Waals surface area contributed by atoms with Gasteiger partial charge in [0.25, 0.3) is 0 Å². The van der Waals surface area contributed by atoms with Crippen LogP contribution in [0.25, 0.3) is 0 Å². The zero-order chi connectivity index (χ0) is 13.5. The molecule has 7 heteroatoms. The van der Waals surface area contributed by atoms with Crippen molar-refractivity contribution in [2.24, 2.45) is 0 Å². The molecule has 0 spiro atoms. The summed E-state index contributed by atoms with van der Waals surface area (Å²) in [6.07, 6.45) is -3.78. The summed E-state index contributed by atoms with van der Waals surface area (Å²) in [5.41, 5.74) is -0.404. The van der Waals surface area contributed by atoms with Gasteiger partial charge in [-0.2, -0.15) is 18.3 Å². The van der Waals surface area contributed by atoms with E-state index in [1.165, 1.54) is 11.6 Å². The third-order valence-electron chi connectivity index (χ3n) is 3.17. The summed E-state index contributed by atoms with van der Waals surface area (Å²) in [5, 5.41) is 3.61. The van der Waals surface area contributed by atoms with Crippen LogP contribution in [-0.2, 0) is 11.0 Å². The lowest BCUT2D eigenvalue weighted by atomic mass is 10.2. The molecule has 1 aliphatic rings. The maximum absolute atomic E-state index is 12.5. The fourth-order valence-corrected chi connectivity index (χ4v) is 2.22. The van der Waals surface area contributed by atoms with Crippen molar-refractivity contribution < 1.29 is 18.0 Å². The first-order valence-corrected chi connectivity index (χ1v) is 5.68. The van der Waals surface area contributed by atoms with Crippen molar-refractivity contribution in [3.8, 4) is 0 Å². The number of rotatable bonds is 1. The van der Waals surface area contributed by atoms with E-state index < -0.39 is 11.9 Å². The van der Waals surface area contributed by atoms with Gasteiger partial charge in [0.15, 0.2) is 5.69 Å². The molecule has 100 valence electrons. The highest BCUT2D eigenvalue weighted by atomic mass is 19.4. The second kappa shape index (κ2) is 4.29. The highest BCUT2D eigenvalue weighted by molar-refractivity contribution is 5.73. The van der Waals surface area contributed by atoms with Crippen molar-refractivity contribution >= 4 is 5.91 Å². The maximum Gasteiger partial charge on any atom is 0.435 e. The van der Waals surface area contributed by atoms with Crippen LogP contribution < -0.4 is 0 Å². The number of amides is 1. The van der Waals surface area contributed by atoms with Gasteiger partial charge in [0, 0.05) is 25.7 Å². The van der Waals surface area contributed by atoms with Crippen molar-refractivity contribution in [1.29, 1.82) is 0 Å². The Hall–Kier alpha value is -1.53. The van der Waals surface area contributed by atoms with Crippen molar-refractivity contribution in [2.75, 3.05) is 13.1 Å². The van der Waals surface area contributed by atoms with Crippen LogP contribution in [0.3, 0.4) is 0 Å². The molecule has 1 unspecified atom stereocenters. The lowest BCUT2D eigenvalue weighted by Gasteiger charge is -2.15. The third kappa shape index (κ3) is 2.34. The molecule has 0 radical (unpaired) electrons. The van der Waals surface area contributed by atoms with Gasteiger partial charge in [-0.25, -0.2) is 0 Å². The predicted molar refractivity (Wildman–Crippen MR) is 57.9 cm³/mol. The van der Waals surface area contributed by atoms with Gasteiger partial charge >= 0.3 is 6.18 Å². The van der Waals surface area contributed by atoms with Gasteiger partial charge in [0.2, 0.25) is 5.91 Å². The molecule has 1 fully saturated rings. The van der Waals surface area contributed by atoms with Gasteiger partial charge in [0.1, 0.15) is 0 Å². The number of halogens is 3. The first-order valence-electron chi connectivity index (χ1n) is 5.68. The van der Waals surface area contributed by atoms with Gasteiger partial charge in [-0.3, -0.25) is 9.48 Å². The number of hydrogen-bond donors (Lipinski definition) is 0. The van der Waals surface area contributed by atoms with Crippen LogP contribution >= 0.6 is 0 Å². The van der Waals surface area contributed by atoms with Crippen LogP contribution in [0.5, 0.6) is 0 Å². The standard InChI is InChI=1S/C11H14F3N3O/c1-7-5-10(11(12,13)14)15-17(7)9-3-4-16(6-9)8(2)18/h5,9H,3-4,6H2,1-2H3. The van der Waals surface area contributed by atoms with Crippen molar-refractivity contribution in [2.45, 2.75) is 32.5 Å². The van der Waals surface area contributed by atoms with Gasteiger partial charge in [-0.15, -0.1) is 0 Å². The van der Waals surface area contributed by atoms with E-state index in [1.807, 2.05) is 0 Å². The van der Waals surface area contributed by atoms with Gasteiger partial charge < -0.3 is 4.90 Å². The van der Waals surface area contributed by atoms with Crippen LogP contribution in [0.15, 0.2) is 6.07 Å². The Morgan fingerprint density at radius 3 is 2.61 bits per heavy atom. The Morgan fingerprint density at radius 1 is 1.50 bits per heavy atom. The molecular weight excluding hydrogens is 247 g/mol. The molecule has 2 rings (SSSR count). The van der Waals surface area contributed by atoms with E-state index in [4.69, 9.17) is 0 Å². The predicted octanol–water partition coefficient (Wildman–Crippen LogP) is 2.00.